The zero-order valence-corrected chi connectivity index (χ0v) is 20.0. The summed E-state index contributed by atoms with van der Waals surface area (Å²) in [7, 11) is 1.57. The molecule has 0 saturated carbocycles. The number of nitrogens with one attached hydrogen (secondary N) is 1. The number of hydrogen-bond acceptors (Lipinski definition) is 5. The van der Waals surface area contributed by atoms with E-state index < -0.39 is 0 Å². The van der Waals surface area contributed by atoms with Gasteiger partial charge in [0.15, 0.2) is 11.5 Å². The van der Waals surface area contributed by atoms with Crippen molar-refractivity contribution in [2.24, 2.45) is 5.10 Å². The zero-order chi connectivity index (χ0) is 25.1. The SMILES string of the molecule is CCOc1ccc(C=NNC(=O)c2ccc(CN3C(=O)c4cccc5cccc3c45)cc2)cc1OC. The summed E-state index contributed by atoms with van der Waals surface area (Å²) in [6.07, 6.45) is 1.54. The van der Waals surface area contributed by atoms with Crippen molar-refractivity contribution >= 4 is 34.5 Å². The number of hydrazone groups is 1. The minimum atomic E-state index is -0.329. The number of methoxy groups -OCH3 is 1. The largest absolute Gasteiger partial charge is 0.493 e. The molecule has 0 aliphatic carbocycles. The normalized spacial score (nSPS) is 12.4. The van der Waals surface area contributed by atoms with Gasteiger partial charge in [-0.05, 0) is 65.9 Å². The van der Waals surface area contributed by atoms with Gasteiger partial charge in [0.25, 0.3) is 11.8 Å². The van der Waals surface area contributed by atoms with Crippen molar-refractivity contribution in [2.45, 2.75) is 13.5 Å². The molecule has 1 aliphatic heterocycles. The standard InChI is InChI=1S/C29H25N3O4/c1-3-36-25-15-12-20(16-26(25)35-2)17-30-31-28(33)22-13-10-19(11-14-22)18-32-24-9-5-7-21-6-4-8-23(27(21)24)29(32)34/h4-17H,3,18H2,1-2H3,(H,31,33). The molecule has 7 heteroatoms. The molecule has 180 valence electrons. The number of nitrogens with zero attached hydrogens (tertiary/aromatic N) is 2. The van der Waals surface area contributed by atoms with E-state index in [-0.39, 0.29) is 11.8 Å². The van der Waals surface area contributed by atoms with Crippen LogP contribution < -0.4 is 19.8 Å². The second-order valence-electron chi connectivity index (χ2n) is 8.31. The Morgan fingerprint density at radius 2 is 1.78 bits per heavy atom. The van der Waals surface area contributed by atoms with Gasteiger partial charge in [-0.2, -0.15) is 5.10 Å². The lowest BCUT2D eigenvalue weighted by Gasteiger charge is -2.18. The summed E-state index contributed by atoms with van der Waals surface area (Å²) in [5.74, 6) is 0.907. The molecule has 0 unspecified atom stereocenters. The van der Waals surface area contributed by atoms with Gasteiger partial charge in [-0.15, -0.1) is 0 Å². The highest BCUT2D eigenvalue weighted by Gasteiger charge is 2.29. The van der Waals surface area contributed by atoms with Crippen LogP contribution in [0.2, 0.25) is 0 Å². The third-order valence-electron chi connectivity index (χ3n) is 6.07. The van der Waals surface area contributed by atoms with E-state index in [0.717, 1.165) is 33.2 Å². The third-order valence-corrected chi connectivity index (χ3v) is 6.07. The van der Waals surface area contributed by atoms with Crippen LogP contribution in [0.4, 0.5) is 5.69 Å². The average Bonchev–Trinajstić information content (AvgIpc) is 3.18. The molecule has 7 nitrogen and oxygen atoms in total. The number of anilines is 1. The molecule has 0 aromatic heterocycles. The number of rotatable bonds is 8. The molecule has 4 aromatic carbocycles. The molecule has 0 fully saturated rings. The Labute approximate surface area is 209 Å². The Bertz CT molecular complexity index is 1470. The Morgan fingerprint density at radius 1 is 1.00 bits per heavy atom. The molecule has 0 atom stereocenters. The van der Waals surface area contributed by atoms with Gasteiger partial charge in [-0.25, -0.2) is 5.43 Å². The lowest BCUT2D eigenvalue weighted by molar-refractivity contribution is 0.0953. The fourth-order valence-corrected chi connectivity index (χ4v) is 4.35. The number of carbonyl (C=O) groups is 2. The maximum atomic E-state index is 13.0. The minimum absolute atomic E-state index is 0.0103. The molecular formula is C29H25N3O4. The number of amides is 2. The second-order valence-corrected chi connectivity index (χ2v) is 8.31. The summed E-state index contributed by atoms with van der Waals surface area (Å²) >= 11 is 0. The lowest BCUT2D eigenvalue weighted by Crippen LogP contribution is -2.26. The van der Waals surface area contributed by atoms with Gasteiger partial charge in [-0.1, -0.05) is 36.4 Å². The van der Waals surface area contributed by atoms with Gasteiger partial charge in [0, 0.05) is 16.5 Å². The summed E-state index contributed by atoms with van der Waals surface area (Å²) in [4.78, 5) is 27.3. The van der Waals surface area contributed by atoms with E-state index in [9.17, 15) is 9.59 Å². The van der Waals surface area contributed by atoms with Crippen LogP contribution in [0.25, 0.3) is 10.8 Å². The van der Waals surface area contributed by atoms with Gasteiger partial charge in [0.05, 0.1) is 32.2 Å². The molecule has 1 aliphatic rings. The predicted molar refractivity (Wildman–Crippen MR) is 140 cm³/mol. The highest BCUT2D eigenvalue weighted by Crippen LogP contribution is 2.38. The summed E-state index contributed by atoms with van der Waals surface area (Å²) in [5, 5.41) is 6.10. The van der Waals surface area contributed by atoms with E-state index in [2.05, 4.69) is 10.5 Å². The van der Waals surface area contributed by atoms with Crippen molar-refractivity contribution in [1.82, 2.24) is 5.43 Å². The molecule has 0 saturated heterocycles. The fraction of sp³-hybridized carbons (Fsp3) is 0.138. The average molecular weight is 480 g/mol. The van der Waals surface area contributed by atoms with Crippen LogP contribution >= 0.6 is 0 Å². The van der Waals surface area contributed by atoms with Crippen LogP contribution in [0.15, 0.2) is 84.0 Å². The van der Waals surface area contributed by atoms with Crippen molar-refractivity contribution < 1.29 is 19.1 Å². The van der Waals surface area contributed by atoms with Crippen LogP contribution in [-0.4, -0.2) is 31.7 Å². The second kappa shape index (κ2) is 9.92. The van der Waals surface area contributed by atoms with Crippen LogP contribution in [0.1, 0.15) is 38.8 Å². The van der Waals surface area contributed by atoms with E-state index in [1.165, 1.54) is 0 Å². The monoisotopic (exact) mass is 479 g/mol. The maximum absolute atomic E-state index is 13.0. The molecule has 5 rings (SSSR count). The maximum Gasteiger partial charge on any atom is 0.271 e. The molecule has 0 bridgehead atoms. The summed E-state index contributed by atoms with van der Waals surface area (Å²) in [6, 6.07) is 24.3. The van der Waals surface area contributed by atoms with Gasteiger partial charge in [0.2, 0.25) is 0 Å². The highest BCUT2D eigenvalue weighted by atomic mass is 16.5. The topological polar surface area (TPSA) is 80.2 Å². The zero-order valence-electron chi connectivity index (χ0n) is 20.0. The molecule has 4 aromatic rings. The van der Waals surface area contributed by atoms with Gasteiger partial charge in [-0.3, -0.25) is 9.59 Å². The predicted octanol–water partition coefficient (Wildman–Crippen LogP) is 5.17. The minimum Gasteiger partial charge on any atom is -0.493 e. The molecule has 2 amide bonds. The first-order chi connectivity index (χ1) is 17.6. The lowest BCUT2D eigenvalue weighted by atomic mass is 10.1. The molecule has 0 radical (unpaired) electrons. The van der Waals surface area contributed by atoms with E-state index in [0.29, 0.717) is 30.2 Å². The molecule has 1 N–H and O–H groups in total. The molecular weight excluding hydrogens is 454 g/mol. The molecule has 0 spiro atoms. The van der Waals surface area contributed by atoms with E-state index in [4.69, 9.17) is 9.47 Å². The van der Waals surface area contributed by atoms with Crippen molar-refractivity contribution in [2.75, 3.05) is 18.6 Å². The van der Waals surface area contributed by atoms with Crippen LogP contribution in [-0.2, 0) is 6.54 Å². The number of benzene rings is 4. The first-order valence-electron chi connectivity index (χ1n) is 11.7. The van der Waals surface area contributed by atoms with E-state index >= 15 is 0 Å². The first-order valence-corrected chi connectivity index (χ1v) is 11.7. The molecule has 36 heavy (non-hydrogen) atoms. The van der Waals surface area contributed by atoms with Crippen LogP contribution in [0.5, 0.6) is 11.5 Å². The van der Waals surface area contributed by atoms with Crippen molar-refractivity contribution in [3.05, 3.63) is 101 Å². The van der Waals surface area contributed by atoms with Crippen LogP contribution in [0.3, 0.4) is 0 Å². The number of ether oxygens (including phenoxy) is 2. The third kappa shape index (κ3) is 4.38. The van der Waals surface area contributed by atoms with Crippen molar-refractivity contribution in [3.8, 4) is 11.5 Å². The van der Waals surface area contributed by atoms with Crippen molar-refractivity contribution in [1.29, 1.82) is 0 Å². The highest BCUT2D eigenvalue weighted by molar-refractivity contribution is 6.24. The quantitative estimate of drug-likeness (QED) is 0.279. The Kier molecular flexibility index (Phi) is 6.36. The van der Waals surface area contributed by atoms with Crippen molar-refractivity contribution in [3.63, 3.8) is 0 Å². The summed E-state index contributed by atoms with van der Waals surface area (Å²) < 4.78 is 10.8. The summed E-state index contributed by atoms with van der Waals surface area (Å²) in [5.41, 5.74) is 6.34. The molecule has 1 heterocycles. The fourth-order valence-electron chi connectivity index (χ4n) is 4.35. The van der Waals surface area contributed by atoms with Gasteiger partial charge >= 0.3 is 0 Å². The van der Waals surface area contributed by atoms with Gasteiger partial charge in [0.1, 0.15) is 0 Å². The van der Waals surface area contributed by atoms with E-state index in [1.54, 1.807) is 42.5 Å². The number of carbonyl (C=O) groups excluding carboxylic acids is 2. The Balaban J connectivity index is 1.24. The van der Waals surface area contributed by atoms with Crippen LogP contribution in [0, 0.1) is 0 Å². The van der Waals surface area contributed by atoms with E-state index in [1.807, 2.05) is 61.5 Å². The smallest absolute Gasteiger partial charge is 0.271 e. The first kappa shape index (κ1) is 23.1. The summed E-state index contributed by atoms with van der Waals surface area (Å²) in [6.45, 7) is 2.87. The Morgan fingerprint density at radius 3 is 2.53 bits per heavy atom. The Hall–Kier alpha value is -4.65. The van der Waals surface area contributed by atoms with Gasteiger partial charge < -0.3 is 14.4 Å². The number of hydrogen-bond donors (Lipinski definition) is 1.